The van der Waals surface area contributed by atoms with Crippen LogP contribution in [0.4, 0.5) is 0 Å². The molecule has 5 N–H and O–H groups in total. The van der Waals surface area contributed by atoms with Crippen LogP contribution in [0.15, 0.2) is 11.6 Å². The van der Waals surface area contributed by atoms with E-state index in [4.69, 9.17) is 0 Å². The van der Waals surface area contributed by atoms with Crippen LogP contribution >= 0.6 is 0 Å². The number of carbonyl (C=O) groups is 1. The van der Waals surface area contributed by atoms with Gasteiger partial charge in [0.25, 0.3) is 0 Å². The molecule has 0 amide bonds. The molecule has 13 atom stereocenters. The van der Waals surface area contributed by atoms with Gasteiger partial charge in [-0.05, 0) is 84.9 Å². The zero-order valence-electron chi connectivity index (χ0n) is 23.0. The second-order valence-electron chi connectivity index (χ2n) is 14.6. The van der Waals surface area contributed by atoms with Gasteiger partial charge in [-0.3, -0.25) is 4.79 Å². The minimum Gasteiger partial charge on any atom is -0.481 e. The van der Waals surface area contributed by atoms with Gasteiger partial charge in [-0.25, -0.2) is 0 Å². The van der Waals surface area contributed by atoms with E-state index in [2.05, 4.69) is 40.7 Å². The summed E-state index contributed by atoms with van der Waals surface area (Å²) < 4.78 is 0. The molecule has 0 saturated heterocycles. The van der Waals surface area contributed by atoms with E-state index < -0.39 is 40.5 Å². The Morgan fingerprint density at radius 3 is 2.28 bits per heavy atom. The fourth-order valence-corrected chi connectivity index (χ4v) is 11.2. The molecule has 0 heterocycles. The molecule has 0 aliphatic heterocycles. The van der Waals surface area contributed by atoms with Gasteiger partial charge >= 0.3 is 5.97 Å². The van der Waals surface area contributed by atoms with E-state index in [0.29, 0.717) is 25.2 Å². The Labute approximate surface area is 216 Å². The Morgan fingerprint density at radius 1 is 1.00 bits per heavy atom. The Bertz CT molecular complexity index is 963. The van der Waals surface area contributed by atoms with Crippen LogP contribution < -0.4 is 0 Å². The first-order valence-electron chi connectivity index (χ1n) is 14.2. The lowest BCUT2D eigenvalue weighted by Crippen LogP contribution is -2.71. The van der Waals surface area contributed by atoms with E-state index in [0.717, 1.165) is 25.7 Å². The van der Waals surface area contributed by atoms with Crippen molar-refractivity contribution in [3.63, 3.8) is 0 Å². The van der Waals surface area contributed by atoms with Crippen LogP contribution in [0.25, 0.3) is 0 Å². The number of carboxylic acids is 1. The SMILES string of the molecule is C[C@H]1[C@H](C)CC[C@]2(C(=O)O)CC[C@]3(C)C(=CCC4[C@@]5(C)C[C@@H](O)[C@H](O)[C@@](C)(CO)C5[C@H](O)C[C@]43C)[C@H]12. The summed E-state index contributed by atoms with van der Waals surface area (Å²) in [5.41, 5.74) is -1.41. The first-order chi connectivity index (χ1) is 16.6. The van der Waals surface area contributed by atoms with Crippen molar-refractivity contribution in [3.05, 3.63) is 11.6 Å². The highest BCUT2D eigenvalue weighted by Crippen LogP contribution is 2.75. The van der Waals surface area contributed by atoms with Crippen LogP contribution in [0.2, 0.25) is 0 Å². The summed E-state index contributed by atoms with van der Waals surface area (Å²) in [4.78, 5) is 12.8. The average Bonchev–Trinajstić information content (AvgIpc) is 2.80. The highest BCUT2D eigenvalue weighted by molar-refractivity contribution is 5.76. The molecule has 6 nitrogen and oxygen atoms in total. The highest BCUT2D eigenvalue weighted by Gasteiger charge is 2.72. The van der Waals surface area contributed by atoms with Crippen LogP contribution in [-0.2, 0) is 4.79 Å². The van der Waals surface area contributed by atoms with Gasteiger partial charge in [0.05, 0.1) is 30.3 Å². The lowest BCUT2D eigenvalue weighted by molar-refractivity contribution is -0.273. The molecule has 5 aliphatic carbocycles. The summed E-state index contributed by atoms with van der Waals surface area (Å²) in [7, 11) is 0. The van der Waals surface area contributed by atoms with Crippen LogP contribution in [0.5, 0.6) is 0 Å². The average molecular weight is 505 g/mol. The van der Waals surface area contributed by atoms with E-state index in [1.165, 1.54) is 5.57 Å². The van der Waals surface area contributed by atoms with Crippen molar-refractivity contribution in [1.29, 1.82) is 0 Å². The van der Waals surface area contributed by atoms with E-state index in [9.17, 15) is 30.3 Å². The van der Waals surface area contributed by atoms with Crippen molar-refractivity contribution in [3.8, 4) is 0 Å². The van der Waals surface area contributed by atoms with E-state index in [-0.39, 0.29) is 41.1 Å². The molecule has 0 spiro atoms. The third-order valence-electron chi connectivity index (χ3n) is 13.4. The predicted octanol–water partition coefficient (Wildman–Crippen LogP) is 4.00. The molecule has 5 aliphatic rings. The number of rotatable bonds is 2. The molecule has 4 fully saturated rings. The van der Waals surface area contributed by atoms with Crippen LogP contribution in [0, 0.1) is 56.7 Å². The Kier molecular flexibility index (Phi) is 5.95. The van der Waals surface area contributed by atoms with Crippen molar-refractivity contribution < 1.29 is 30.3 Å². The van der Waals surface area contributed by atoms with Gasteiger partial charge in [-0.1, -0.05) is 53.2 Å². The van der Waals surface area contributed by atoms with Crippen LogP contribution in [0.3, 0.4) is 0 Å². The minimum atomic E-state index is -1.08. The maximum absolute atomic E-state index is 12.8. The summed E-state index contributed by atoms with van der Waals surface area (Å²) in [5.74, 6) is -0.0914. The molecule has 2 unspecified atom stereocenters. The first-order valence-corrected chi connectivity index (χ1v) is 14.2. The highest BCUT2D eigenvalue weighted by atomic mass is 16.4. The summed E-state index contributed by atoms with van der Waals surface area (Å²) in [6, 6.07) is 0. The molecule has 0 aromatic carbocycles. The van der Waals surface area contributed by atoms with Gasteiger partial charge in [0.2, 0.25) is 0 Å². The Balaban J connectivity index is 1.65. The van der Waals surface area contributed by atoms with Crippen molar-refractivity contribution in [1.82, 2.24) is 0 Å². The molecule has 0 aromatic rings. The maximum atomic E-state index is 12.8. The normalized spacial score (nSPS) is 58.6. The van der Waals surface area contributed by atoms with Gasteiger partial charge < -0.3 is 25.5 Å². The van der Waals surface area contributed by atoms with Crippen LogP contribution in [-0.4, -0.2) is 56.4 Å². The largest absolute Gasteiger partial charge is 0.481 e. The molecule has 6 heteroatoms. The summed E-state index contributed by atoms with van der Waals surface area (Å²) in [6.07, 6.45) is 4.44. The van der Waals surface area contributed by atoms with Gasteiger partial charge in [0.1, 0.15) is 0 Å². The Morgan fingerprint density at radius 2 is 1.67 bits per heavy atom. The number of allylic oxidation sites excluding steroid dienone is 2. The van der Waals surface area contributed by atoms with Gasteiger partial charge in [-0.2, -0.15) is 0 Å². The predicted molar refractivity (Wildman–Crippen MR) is 137 cm³/mol. The molecule has 0 aromatic heterocycles. The molecular weight excluding hydrogens is 456 g/mol. The fourth-order valence-electron chi connectivity index (χ4n) is 11.2. The summed E-state index contributed by atoms with van der Waals surface area (Å²) >= 11 is 0. The monoisotopic (exact) mass is 504 g/mol. The zero-order valence-corrected chi connectivity index (χ0v) is 23.0. The van der Waals surface area contributed by atoms with Crippen molar-refractivity contribution in [2.24, 2.45) is 56.7 Å². The van der Waals surface area contributed by atoms with E-state index >= 15 is 0 Å². The summed E-state index contributed by atoms with van der Waals surface area (Å²) in [6.45, 7) is 12.8. The van der Waals surface area contributed by atoms with Gasteiger partial charge in [0, 0.05) is 11.3 Å². The lowest BCUT2D eigenvalue weighted by atomic mass is 9.32. The van der Waals surface area contributed by atoms with Gasteiger partial charge in [-0.15, -0.1) is 0 Å². The fraction of sp³-hybridized carbons (Fsp3) is 0.900. The second-order valence-corrected chi connectivity index (χ2v) is 14.6. The lowest BCUT2D eigenvalue weighted by Gasteiger charge is -2.72. The molecule has 5 rings (SSSR count). The Hall–Kier alpha value is -0.950. The molecule has 36 heavy (non-hydrogen) atoms. The molecule has 0 bridgehead atoms. The van der Waals surface area contributed by atoms with Crippen molar-refractivity contribution in [2.75, 3.05) is 6.61 Å². The summed E-state index contributed by atoms with van der Waals surface area (Å²) in [5, 5.41) is 54.7. The molecule has 204 valence electrons. The number of carboxylic acid groups (broad SMARTS) is 1. The van der Waals surface area contributed by atoms with Crippen LogP contribution in [0.1, 0.15) is 86.5 Å². The standard InChI is InChI=1S/C30H48O6/c1-16-9-10-30(25(35)36)12-11-28(5)18(22(30)17(16)2)7-8-21-26(3)13-20(33)24(34)27(4,15-31)23(26)19(32)14-29(21,28)6/h7,16-17,19-24,31-34H,8-15H2,1-6H3,(H,35,36)/t16-,17+,19-,20-,21?,22+,23?,24+,26-,27+,28-,29-,30+/m1/s1. The minimum absolute atomic E-state index is 0.000534. The topological polar surface area (TPSA) is 118 Å². The number of aliphatic carboxylic acids is 1. The van der Waals surface area contributed by atoms with Crippen molar-refractivity contribution >= 4 is 5.97 Å². The number of hydrogen-bond donors (Lipinski definition) is 5. The number of hydrogen-bond acceptors (Lipinski definition) is 5. The number of aliphatic hydroxyl groups excluding tert-OH is 4. The maximum Gasteiger partial charge on any atom is 0.310 e. The first kappa shape index (κ1) is 26.6. The molecular formula is C30H48O6. The second kappa shape index (κ2) is 8.03. The molecule has 0 radical (unpaired) electrons. The number of fused-ring (bicyclic) bond motifs is 7. The third kappa shape index (κ3) is 2.96. The zero-order chi connectivity index (χ0) is 26.6. The smallest absolute Gasteiger partial charge is 0.310 e. The quantitative estimate of drug-likeness (QED) is 0.363. The number of aliphatic hydroxyl groups is 4. The molecule has 4 saturated carbocycles. The third-order valence-corrected chi connectivity index (χ3v) is 13.4. The van der Waals surface area contributed by atoms with Crippen molar-refractivity contribution in [2.45, 2.75) is 105 Å². The van der Waals surface area contributed by atoms with Gasteiger partial charge in [0.15, 0.2) is 0 Å². The van der Waals surface area contributed by atoms with E-state index in [1.807, 2.05) is 6.92 Å². The van der Waals surface area contributed by atoms with E-state index in [1.54, 1.807) is 0 Å².